The molecule has 0 unspecified atom stereocenters. The lowest BCUT2D eigenvalue weighted by Gasteiger charge is -2.38. The smallest absolute Gasteiger partial charge is 0.338 e. The van der Waals surface area contributed by atoms with E-state index in [1.165, 1.54) is 4.90 Å². The van der Waals surface area contributed by atoms with Crippen LogP contribution in [-0.2, 0) is 19.4 Å². The second-order valence-corrected chi connectivity index (χ2v) is 9.72. The van der Waals surface area contributed by atoms with Crippen molar-refractivity contribution in [2.24, 2.45) is 0 Å². The molecule has 2 aliphatic rings. The number of hydrogen-bond acceptors (Lipinski definition) is 5. The molecule has 2 aliphatic heterocycles. The number of esters is 1. The van der Waals surface area contributed by atoms with Crippen molar-refractivity contribution in [2.45, 2.75) is 32.4 Å². The van der Waals surface area contributed by atoms with Crippen LogP contribution < -0.4 is 5.32 Å². The summed E-state index contributed by atoms with van der Waals surface area (Å²) in [5, 5.41) is 2.84. The van der Waals surface area contributed by atoms with Gasteiger partial charge in [-0.2, -0.15) is 0 Å². The van der Waals surface area contributed by atoms with Gasteiger partial charge in [0.2, 0.25) is 0 Å². The van der Waals surface area contributed by atoms with E-state index in [4.69, 9.17) is 4.74 Å². The summed E-state index contributed by atoms with van der Waals surface area (Å²) in [6, 6.07) is 5.75. The molecule has 9 heteroatoms. The van der Waals surface area contributed by atoms with E-state index in [1.807, 2.05) is 24.3 Å². The summed E-state index contributed by atoms with van der Waals surface area (Å²) in [6.45, 7) is 3.58. The molecule has 0 aromatic heterocycles. The molecule has 27 heavy (non-hydrogen) atoms. The molecule has 146 valence electrons. The summed E-state index contributed by atoms with van der Waals surface area (Å²) in [5.74, 6) is -0.579. The first-order valence-corrected chi connectivity index (χ1v) is 11.3. The van der Waals surface area contributed by atoms with Gasteiger partial charge in [-0.15, -0.1) is 0 Å². The molecule has 3 rings (SSSR count). The number of carbonyl (C=O) groups excluding carboxylic acids is 2. The first-order chi connectivity index (χ1) is 12.7. The predicted octanol–water partition coefficient (Wildman–Crippen LogP) is 2.54. The molecule has 1 aromatic rings. The SMILES string of the molecule is CCOC(=O)C1=C(C)N([C@H]2CCS(=O)(=O)C2)C(=O)N[C@H]1c1ccc(Br)cc1. The lowest BCUT2D eigenvalue weighted by molar-refractivity contribution is -0.139. The normalized spacial score (nSPS) is 24.7. The van der Waals surface area contributed by atoms with Crippen molar-refractivity contribution in [3.63, 3.8) is 0 Å². The highest BCUT2D eigenvalue weighted by Crippen LogP contribution is 2.34. The standard InChI is InChI=1S/C18H21BrN2O5S/c1-3-26-17(22)15-11(2)21(14-8-9-27(24,25)10-14)18(23)20-16(15)12-4-6-13(19)7-5-12/h4-7,14,16H,3,8-10H2,1-2H3,(H,20,23)/t14-,16-/m0/s1. The van der Waals surface area contributed by atoms with Crippen molar-refractivity contribution >= 4 is 37.8 Å². The van der Waals surface area contributed by atoms with Crippen LogP contribution in [0.25, 0.3) is 0 Å². The number of allylic oxidation sites excluding steroid dienone is 1. The van der Waals surface area contributed by atoms with Gasteiger partial charge < -0.3 is 10.1 Å². The van der Waals surface area contributed by atoms with Crippen LogP contribution in [-0.4, -0.2) is 49.5 Å². The molecular weight excluding hydrogens is 436 g/mol. The van der Waals surface area contributed by atoms with Crippen molar-refractivity contribution in [1.82, 2.24) is 10.2 Å². The maximum absolute atomic E-state index is 12.8. The molecule has 2 amide bonds. The molecule has 0 bridgehead atoms. The molecule has 2 atom stereocenters. The van der Waals surface area contributed by atoms with Gasteiger partial charge >= 0.3 is 12.0 Å². The van der Waals surface area contributed by atoms with Gasteiger partial charge in [0.05, 0.1) is 35.8 Å². The Morgan fingerprint density at radius 2 is 2.00 bits per heavy atom. The van der Waals surface area contributed by atoms with Gasteiger partial charge in [0.15, 0.2) is 9.84 Å². The van der Waals surface area contributed by atoms with E-state index >= 15 is 0 Å². The molecular formula is C18H21BrN2O5S. The van der Waals surface area contributed by atoms with Crippen LogP contribution in [0.15, 0.2) is 40.0 Å². The molecule has 7 nitrogen and oxygen atoms in total. The van der Waals surface area contributed by atoms with Gasteiger partial charge in [0.25, 0.3) is 0 Å². The van der Waals surface area contributed by atoms with Crippen molar-refractivity contribution in [3.05, 3.63) is 45.6 Å². The van der Waals surface area contributed by atoms with Gasteiger partial charge in [-0.1, -0.05) is 28.1 Å². The monoisotopic (exact) mass is 456 g/mol. The van der Waals surface area contributed by atoms with E-state index in [1.54, 1.807) is 13.8 Å². The maximum Gasteiger partial charge on any atom is 0.338 e. The zero-order valence-electron chi connectivity index (χ0n) is 15.1. The number of benzene rings is 1. The molecule has 2 heterocycles. The summed E-state index contributed by atoms with van der Waals surface area (Å²) in [6.07, 6.45) is 0.353. The van der Waals surface area contributed by atoms with Crippen molar-refractivity contribution in [3.8, 4) is 0 Å². The summed E-state index contributed by atoms with van der Waals surface area (Å²) in [7, 11) is -3.18. The Morgan fingerprint density at radius 3 is 2.56 bits per heavy atom. The largest absolute Gasteiger partial charge is 0.463 e. The third-order valence-corrected chi connectivity index (χ3v) is 7.08. The van der Waals surface area contributed by atoms with Crippen molar-refractivity contribution < 1.29 is 22.7 Å². The van der Waals surface area contributed by atoms with Crippen molar-refractivity contribution in [1.29, 1.82) is 0 Å². The Bertz CT molecular complexity index is 895. The molecule has 1 aromatic carbocycles. The van der Waals surface area contributed by atoms with Crippen LogP contribution >= 0.6 is 15.9 Å². The van der Waals surface area contributed by atoms with Crippen LogP contribution in [0, 0.1) is 0 Å². The lowest BCUT2D eigenvalue weighted by Crippen LogP contribution is -2.52. The topological polar surface area (TPSA) is 92.8 Å². The van der Waals surface area contributed by atoms with Crippen LogP contribution in [0.3, 0.4) is 0 Å². The highest BCUT2D eigenvalue weighted by molar-refractivity contribution is 9.10. The summed E-state index contributed by atoms with van der Waals surface area (Å²) in [4.78, 5) is 26.9. The zero-order valence-corrected chi connectivity index (χ0v) is 17.5. The number of halogens is 1. The third kappa shape index (κ3) is 4.03. The van der Waals surface area contributed by atoms with Crippen LogP contribution in [0.4, 0.5) is 4.79 Å². The van der Waals surface area contributed by atoms with E-state index in [0.717, 1.165) is 10.0 Å². The molecule has 1 saturated heterocycles. The second-order valence-electron chi connectivity index (χ2n) is 6.58. The molecule has 0 saturated carbocycles. The fourth-order valence-electron chi connectivity index (χ4n) is 3.55. The number of nitrogens with one attached hydrogen (secondary N) is 1. The molecule has 0 radical (unpaired) electrons. The minimum Gasteiger partial charge on any atom is -0.463 e. The highest BCUT2D eigenvalue weighted by atomic mass is 79.9. The Kier molecular flexibility index (Phi) is 5.62. The first-order valence-electron chi connectivity index (χ1n) is 8.67. The molecule has 1 N–H and O–H groups in total. The predicted molar refractivity (Wildman–Crippen MR) is 104 cm³/mol. The Balaban J connectivity index is 2.05. The van der Waals surface area contributed by atoms with Gasteiger partial charge in [-0.05, 0) is 38.0 Å². The number of rotatable bonds is 4. The number of urea groups is 1. The van der Waals surface area contributed by atoms with E-state index in [-0.39, 0.29) is 18.1 Å². The number of ether oxygens (including phenoxy) is 1. The fraction of sp³-hybridized carbons (Fsp3) is 0.444. The third-order valence-electron chi connectivity index (χ3n) is 4.80. The minimum absolute atomic E-state index is 0.0413. The number of carbonyl (C=O) groups is 2. The highest BCUT2D eigenvalue weighted by Gasteiger charge is 2.42. The Hall–Kier alpha value is -1.87. The zero-order chi connectivity index (χ0) is 19.8. The van der Waals surface area contributed by atoms with Gasteiger partial charge in [0, 0.05) is 10.2 Å². The minimum atomic E-state index is -3.18. The van der Waals surface area contributed by atoms with E-state index in [2.05, 4.69) is 21.2 Å². The number of amides is 2. The van der Waals surface area contributed by atoms with E-state index < -0.39 is 33.9 Å². The summed E-state index contributed by atoms with van der Waals surface area (Å²) >= 11 is 3.37. The van der Waals surface area contributed by atoms with E-state index in [9.17, 15) is 18.0 Å². The number of hydrogen-bond donors (Lipinski definition) is 1. The van der Waals surface area contributed by atoms with Gasteiger partial charge in [-0.3, -0.25) is 4.90 Å². The molecule has 0 spiro atoms. The fourth-order valence-corrected chi connectivity index (χ4v) is 5.52. The average molecular weight is 457 g/mol. The van der Waals surface area contributed by atoms with Crippen LogP contribution in [0.1, 0.15) is 31.9 Å². The van der Waals surface area contributed by atoms with Crippen LogP contribution in [0.5, 0.6) is 0 Å². The molecule has 0 aliphatic carbocycles. The average Bonchev–Trinajstić information content (AvgIpc) is 2.94. The quantitative estimate of drug-likeness (QED) is 0.702. The Morgan fingerprint density at radius 1 is 1.33 bits per heavy atom. The summed E-state index contributed by atoms with van der Waals surface area (Å²) in [5.41, 5.74) is 1.50. The molecule has 1 fully saturated rings. The van der Waals surface area contributed by atoms with E-state index in [0.29, 0.717) is 17.7 Å². The number of sulfone groups is 1. The summed E-state index contributed by atoms with van der Waals surface area (Å²) < 4.78 is 29.8. The van der Waals surface area contributed by atoms with Crippen molar-refractivity contribution in [2.75, 3.05) is 18.1 Å². The second kappa shape index (κ2) is 7.63. The van der Waals surface area contributed by atoms with Gasteiger partial charge in [-0.25, -0.2) is 18.0 Å². The van der Waals surface area contributed by atoms with Gasteiger partial charge in [0.1, 0.15) is 0 Å². The first kappa shape index (κ1) is 19.9. The number of nitrogens with zero attached hydrogens (tertiary/aromatic N) is 1. The van der Waals surface area contributed by atoms with Crippen LogP contribution in [0.2, 0.25) is 0 Å². The Labute approximate surface area is 166 Å². The lowest BCUT2D eigenvalue weighted by atomic mass is 9.94. The maximum atomic E-state index is 12.8.